The maximum atomic E-state index is 2.43. The minimum Gasteiger partial charge on any atom is -0.152 e. The van der Waals surface area contributed by atoms with Gasteiger partial charge in [0.05, 0.1) is 0 Å². The quantitative estimate of drug-likeness (QED) is 0.138. The lowest BCUT2D eigenvalue weighted by molar-refractivity contribution is 0.535. The van der Waals surface area contributed by atoms with E-state index in [2.05, 4.69) is 24.6 Å². The summed E-state index contributed by atoms with van der Waals surface area (Å²) in [5.74, 6) is 0. The molecular weight excluding hydrogens is 392 g/mol. The smallest absolute Gasteiger partial charge is 0.00584 e. The van der Waals surface area contributed by atoms with Crippen molar-refractivity contribution < 1.29 is 0 Å². The van der Waals surface area contributed by atoms with Gasteiger partial charge in [0.25, 0.3) is 0 Å². The molecule has 1 heteroatoms. The van der Waals surface area contributed by atoms with Gasteiger partial charge in [-0.05, 0) is 47.6 Å². The van der Waals surface area contributed by atoms with Gasteiger partial charge in [-0.2, -0.15) is 11.3 Å². The first kappa shape index (κ1) is 28.7. The van der Waals surface area contributed by atoms with Crippen LogP contribution in [0, 0.1) is 0 Å². The lowest BCUT2D eigenvalue weighted by Gasteiger charge is -2.06. The van der Waals surface area contributed by atoms with Crippen molar-refractivity contribution in [3.63, 3.8) is 0 Å². The van der Waals surface area contributed by atoms with Gasteiger partial charge in [0.1, 0.15) is 0 Å². The first-order chi connectivity index (χ1) is 15.4. The van der Waals surface area contributed by atoms with Crippen LogP contribution in [-0.4, -0.2) is 0 Å². The summed E-state index contributed by atoms with van der Waals surface area (Å²) in [5.41, 5.74) is 3.34. The number of aryl methyl sites for hydroxylation is 2. The van der Waals surface area contributed by atoms with E-state index in [1.54, 1.807) is 11.1 Å². The fraction of sp³-hybridized carbons (Fsp3) is 0.867. The second-order valence-electron chi connectivity index (χ2n) is 9.99. The predicted octanol–water partition coefficient (Wildman–Crippen LogP) is 11.5. The van der Waals surface area contributed by atoms with Crippen molar-refractivity contribution in [1.29, 1.82) is 0 Å². The Morgan fingerprint density at radius 3 is 0.935 bits per heavy atom. The Balaban J connectivity index is 1.88. The van der Waals surface area contributed by atoms with Crippen molar-refractivity contribution in [3.05, 3.63) is 21.9 Å². The van der Waals surface area contributed by atoms with Crippen LogP contribution in [0.25, 0.3) is 0 Å². The fourth-order valence-electron chi connectivity index (χ4n) is 4.75. The van der Waals surface area contributed by atoms with Gasteiger partial charge < -0.3 is 0 Å². The standard InChI is InChI=1S/C30H56S/c1-3-5-7-9-11-13-14-15-16-17-18-20-22-24-26-30-28-31-27-29(30)25-23-21-19-12-10-8-6-4-2/h27-28H,3-26H2,1-2H3. The van der Waals surface area contributed by atoms with Crippen LogP contribution in [0.1, 0.15) is 166 Å². The molecular formula is C30H56S. The number of unbranched alkanes of at least 4 members (excludes halogenated alkanes) is 20. The SMILES string of the molecule is CCCCCCCCCCCCCCCCc1cscc1CCCCCCCCCC. The van der Waals surface area contributed by atoms with E-state index in [9.17, 15) is 0 Å². The molecule has 0 amide bonds. The Morgan fingerprint density at radius 2 is 0.645 bits per heavy atom. The highest BCUT2D eigenvalue weighted by atomic mass is 32.1. The molecule has 0 aromatic carbocycles. The third-order valence-electron chi connectivity index (χ3n) is 6.93. The van der Waals surface area contributed by atoms with Crippen molar-refractivity contribution in [3.8, 4) is 0 Å². The van der Waals surface area contributed by atoms with Crippen molar-refractivity contribution >= 4 is 11.3 Å². The van der Waals surface area contributed by atoms with E-state index >= 15 is 0 Å². The third-order valence-corrected chi connectivity index (χ3v) is 7.77. The predicted molar refractivity (Wildman–Crippen MR) is 145 cm³/mol. The summed E-state index contributed by atoms with van der Waals surface area (Å²) in [6.45, 7) is 4.61. The summed E-state index contributed by atoms with van der Waals surface area (Å²) in [6, 6.07) is 0. The Bertz CT molecular complexity index is 461. The molecule has 1 heterocycles. The van der Waals surface area contributed by atoms with Crippen LogP contribution in [0.2, 0.25) is 0 Å². The zero-order valence-electron chi connectivity index (χ0n) is 21.5. The van der Waals surface area contributed by atoms with E-state index in [1.807, 2.05) is 11.3 Å². The Hall–Kier alpha value is -0.300. The molecule has 0 aliphatic carbocycles. The highest BCUT2D eigenvalue weighted by molar-refractivity contribution is 7.08. The molecule has 0 aliphatic rings. The highest BCUT2D eigenvalue weighted by Crippen LogP contribution is 2.21. The molecule has 0 N–H and O–H groups in total. The fourth-order valence-corrected chi connectivity index (χ4v) is 5.68. The molecule has 0 radical (unpaired) electrons. The number of thiophene rings is 1. The van der Waals surface area contributed by atoms with Crippen LogP contribution in [0.15, 0.2) is 10.8 Å². The van der Waals surface area contributed by atoms with E-state index in [1.165, 1.54) is 154 Å². The Kier molecular flexibility index (Phi) is 21.2. The molecule has 1 aromatic heterocycles. The molecule has 0 saturated heterocycles. The molecule has 0 atom stereocenters. The maximum Gasteiger partial charge on any atom is -0.00584 e. The van der Waals surface area contributed by atoms with Gasteiger partial charge in [-0.15, -0.1) is 0 Å². The molecule has 0 saturated carbocycles. The zero-order valence-corrected chi connectivity index (χ0v) is 22.4. The average molecular weight is 449 g/mol. The molecule has 182 valence electrons. The second kappa shape index (κ2) is 22.9. The van der Waals surface area contributed by atoms with Gasteiger partial charge >= 0.3 is 0 Å². The van der Waals surface area contributed by atoms with Crippen molar-refractivity contribution in [2.45, 2.75) is 168 Å². The van der Waals surface area contributed by atoms with Gasteiger partial charge in [-0.3, -0.25) is 0 Å². The molecule has 0 aliphatic heterocycles. The Morgan fingerprint density at radius 1 is 0.387 bits per heavy atom. The Labute approximate surface area is 201 Å². The van der Waals surface area contributed by atoms with Gasteiger partial charge in [-0.25, -0.2) is 0 Å². The van der Waals surface area contributed by atoms with Gasteiger partial charge in [0, 0.05) is 0 Å². The maximum absolute atomic E-state index is 2.43. The van der Waals surface area contributed by atoms with E-state index in [0.29, 0.717) is 0 Å². The molecule has 1 aromatic rings. The van der Waals surface area contributed by atoms with Crippen LogP contribution in [0.4, 0.5) is 0 Å². The topological polar surface area (TPSA) is 0 Å². The molecule has 0 nitrogen and oxygen atoms in total. The summed E-state index contributed by atoms with van der Waals surface area (Å²) in [6.07, 6.45) is 34.4. The van der Waals surface area contributed by atoms with E-state index in [4.69, 9.17) is 0 Å². The van der Waals surface area contributed by atoms with Crippen LogP contribution in [0.3, 0.4) is 0 Å². The zero-order chi connectivity index (χ0) is 22.2. The molecule has 0 bridgehead atoms. The van der Waals surface area contributed by atoms with Crippen LogP contribution in [0.5, 0.6) is 0 Å². The molecule has 0 unspecified atom stereocenters. The van der Waals surface area contributed by atoms with Crippen LogP contribution < -0.4 is 0 Å². The van der Waals surface area contributed by atoms with Gasteiger partial charge in [-0.1, -0.05) is 142 Å². The average Bonchev–Trinajstić information content (AvgIpc) is 3.23. The minimum absolute atomic E-state index is 1.33. The lowest BCUT2D eigenvalue weighted by Crippen LogP contribution is -1.92. The third kappa shape index (κ3) is 17.9. The second-order valence-corrected chi connectivity index (χ2v) is 10.7. The normalized spacial score (nSPS) is 11.4. The monoisotopic (exact) mass is 448 g/mol. The molecule has 0 spiro atoms. The first-order valence-corrected chi connectivity index (χ1v) is 15.4. The lowest BCUT2D eigenvalue weighted by atomic mass is 10.00. The summed E-state index contributed by atoms with van der Waals surface area (Å²) in [5, 5.41) is 4.86. The molecule has 31 heavy (non-hydrogen) atoms. The van der Waals surface area contributed by atoms with Crippen LogP contribution in [-0.2, 0) is 12.8 Å². The van der Waals surface area contributed by atoms with Crippen molar-refractivity contribution in [1.82, 2.24) is 0 Å². The molecule has 0 fully saturated rings. The minimum atomic E-state index is 1.33. The highest BCUT2D eigenvalue weighted by Gasteiger charge is 2.04. The number of hydrogen-bond acceptors (Lipinski definition) is 1. The van der Waals surface area contributed by atoms with Crippen molar-refractivity contribution in [2.75, 3.05) is 0 Å². The summed E-state index contributed by atoms with van der Waals surface area (Å²) < 4.78 is 0. The molecule has 1 rings (SSSR count). The number of rotatable bonds is 24. The van der Waals surface area contributed by atoms with Gasteiger partial charge in [0.2, 0.25) is 0 Å². The summed E-state index contributed by atoms with van der Waals surface area (Å²) >= 11 is 1.93. The largest absolute Gasteiger partial charge is 0.152 e. The van der Waals surface area contributed by atoms with E-state index < -0.39 is 0 Å². The first-order valence-electron chi connectivity index (χ1n) is 14.4. The van der Waals surface area contributed by atoms with Gasteiger partial charge in [0.15, 0.2) is 0 Å². The van der Waals surface area contributed by atoms with Crippen molar-refractivity contribution in [2.24, 2.45) is 0 Å². The number of hydrogen-bond donors (Lipinski definition) is 0. The van der Waals surface area contributed by atoms with E-state index in [0.717, 1.165) is 0 Å². The summed E-state index contributed by atoms with van der Waals surface area (Å²) in [7, 11) is 0. The van der Waals surface area contributed by atoms with Crippen LogP contribution >= 0.6 is 11.3 Å². The van der Waals surface area contributed by atoms with E-state index in [-0.39, 0.29) is 0 Å². The summed E-state index contributed by atoms with van der Waals surface area (Å²) in [4.78, 5) is 0.